The van der Waals surface area contributed by atoms with E-state index in [0.717, 1.165) is 25.2 Å². The predicted octanol–water partition coefficient (Wildman–Crippen LogP) is 2.23. The monoisotopic (exact) mass is 249 g/mol. The van der Waals surface area contributed by atoms with Gasteiger partial charge in [0.25, 0.3) is 0 Å². The zero-order valence-electron chi connectivity index (χ0n) is 11.1. The first kappa shape index (κ1) is 15.9. The second kappa shape index (κ2) is 8.07. The fourth-order valence-corrected chi connectivity index (χ4v) is 2.56. The smallest absolute Gasteiger partial charge is 0.150 e. The van der Waals surface area contributed by atoms with Gasteiger partial charge in [0.1, 0.15) is 9.84 Å². The van der Waals surface area contributed by atoms with Crippen LogP contribution in [0.25, 0.3) is 0 Å². The second-order valence-electron chi connectivity index (χ2n) is 4.84. The molecular formula is C12H27NO2S. The summed E-state index contributed by atoms with van der Waals surface area (Å²) in [5.74, 6) is 1.32. The molecule has 0 rings (SSSR count). The van der Waals surface area contributed by atoms with Gasteiger partial charge < -0.3 is 5.32 Å². The average molecular weight is 249 g/mol. The Balaban J connectivity index is 3.79. The van der Waals surface area contributed by atoms with Gasteiger partial charge >= 0.3 is 0 Å². The van der Waals surface area contributed by atoms with Crippen LogP contribution >= 0.6 is 0 Å². The molecule has 0 aromatic rings. The van der Waals surface area contributed by atoms with Gasteiger partial charge in [0.05, 0.1) is 5.75 Å². The van der Waals surface area contributed by atoms with Gasteiger partial charge in [-0.15, -0.1) is 0 Å². The van der Waals surface area contributed by atoms with E-state index in [0.29, 0.717) is 11.8 Å². The minimum atomic E-state index is -2.78. The lowest BCUT2D eigenvalue weighted by Gasteiger charge is -2.17. The lowest BCUT2D eigenvalue weighted by Crippen LogP contribution is -2.26. The van der Waals surface area contributed by atoms with E-state index < -0.39 is 9.84 Å². The van der Waals surface area contributed by atoms with Crippen molar-refractivity contribution in [2.45, 2.75) is 52.5 Å². The summed E-state index contributed by atoms with van der Waals surface area (Å²) in [6.45, 7) is 6.15. The summed E-state index contributed by atoms with van der Waals surface area (Å²) < 4.78 is 22.6. The lowest BCUT2D eigenvalue weighted by atomic mass is 10.0. The van der Waals surface area contributed by atoms with Crippen molar-refractivity contribution in [3.63, 3.8) is 0 Å². The minimum absolute atomic E-state index is 0.267. The van der Waals surface area contributed by atoms with E-state index in [4.69, 9.17) is 0 Å². The molecule has 0 aromatic carbocycles. The molecule has 0 aromatic heterocycles. The topological polar surface area (TPSA) is 46.2 Å². The minimum Gasteiger partial charge on any atom is -0.317 e. The van der Waals surface area contributed by atoms with Crippen molar-refractivity contribution >= 4 is 9.84 Å². The highest BCUT2D eigenvalue weighted by Gasteiger charge is 2.11. The zero-order valence-corrected chi connectivity index (χ0v) is 11.9. The number of hydrogen-bond acceptors (Lipinski definition) is 3. The molecule has 0 aliphatic carbocycles. The molecular weight excluding hydrogens is 222 g/mol. The number of rotatable bonds is 9. The molecule has 16 heavy (non-hydrogen) atoms. The van der Waals surface area contributed by atoms with Crippen molar-refractivity contribution in [1.82, 2.24) is 5.32 Å². The standard InChI is InChI=1S/C12H27NO2S/c1-5-16(14,15)10-6-7-12(13-4)9-8-11(2)3/h11-13H,5-10H2,1-4H3. The third-order valence-corrected chi connectivity index (χ3v) is 4.74. The van der Waals surface area contributed by atoms with Gasteiger partial charge in [-0.05, 0) is 38.6 Å². The Morgan fingerprint density at radius 1 is 1.12 bits per heavy atom. The zero-order chi connectivity index (χ0) is 12.6. The Morgan fingerprint density at radius 2 is 1.75 bits per heavy atom. The molecule has 0 bridgehead atoms. The fourth-order valence-electron chi connectivity index (χ4n) is 1.66. The molecule has 0 amide bonds. The Hall–Kier alpha value is -0.0900. The maximum Gasteiger partial charge on any atom is 0.150 e. The molecule has 1 atom stereocenters. The molecule has 0 fully saturated rings. The number of nitrogens with one attached hydrogen (secondary N) is 1. The van der Waals surface area contributed by atoms with Crippen LogP contribution in [0.2, 0.25) is 0 Å². The predicted molar refractivity (Wildman–Crippen MR) is 70.5 cm³/mol. The maximum atomic E-state index is 11.3. The molecule has 98 valence electrons. The fraction of sp³-hybridized carbons (Fsp3) is 1.00. The quantitative estimate of drug-likeness (QED) is 0.681. The van der Waals surface area contributed by atoms with E-state index in [1.807, 2.05) is 7.05 Å². The number of sulfone groups is 1. The summed E-state index contributed by atoms with van der Waals surface area (Å²) in [6, 6.07) is 0.467. The molecule has 0 saturated carbocycles. The molecule has 0 heterocycles. The normalized spacial score (nSPS) is 14.3. The summed E-state index contributed by atoms with van der Waals surface area (Å²) in [7, 11) is -0.825. The van der Waals surface area contributed by atoms with Crippen molar-refractivity contribution in [2.75, 3.05) is 18.6 Å². The van der Waals surface area contributed by atoms with Gasteiger partial charge in [-0.3, -0.25) is 0 Å². The molecule has 1 N–H and O–H groups in total. The second-order valence-corrected chi connectivity index (χ2v) is 7.31. The Kier molecular flexibility index (Phi) is 8.02. The van der Waals surface area contributed by atoms with Crippen molar-refractivity contribution in [2.24, 2.45) is 5.92 Å². The van der Waals surface area contributed by atoms with Crippen LogP contribution in [0.1, 0.15) is 46.5 Å². The highest BCUT2D eigenvalue weighted by molar-refractivity contribution is 7.91. The third kappa shape index (κ3) is 8.11. The lowest BCUT2D eigenvalue weighted by molar-refractivity contribution is 0.429. The van der Waals surface area contributed by atoms with Crippen molar-refractivity contribution < 1.29 is 8.42 Å². The van der Waals surface area contributed by atoms with E-state index in [9.17, 15) is 8.42 Å². The van der Waals surface area contributed by atoms with Crippen molar-refractivity contribution in [3.8, 4) is 0 Å². The Morgan fingerprint density at radius 3 is 2.19 bits per heavy atom. The van der Waals surface area contributed by atoms with Crippen LogP contribution in [-0.4, -0.2) is 33.0 Å². The van der Waals surface area contributed by atoms with Gasteiger partial charge in [-0.2, -0.15) is 0 Å². The molecule has 1 unspecified atom stereocenters. The summed E-state index contributed by atoms with van der Waals surface area (Å²) >= 11 is 0. The van der Waals surface area contributed by atoms with Gasteiger partial charge in [0, 0.05) is 11.8 Å². The van der Waals surface area contributed by atoms with Crippen LogP contribution in [-0.2, 0) is 9.84 Å². The van der Waals surface area contributed by atoms with Gasteiger partial charge in [-0.1, -0.05) is 20.8 Å². The summed E-state index contributed by atoms with van der Waals surface area (Å²) in [4.78, 5) is 0. The Labute approximate surface area is 101 Å². The van der Waals surface area contributed by atoms with E-state index in [1.165, 1.54) is 6.42 Å². The van der Waals surface area contributed by atoms with Crippen LogP contribution in [0.3, 0.4) is 0 Å². The molecule has 0 aliphatic heterocycles. The summed E-state index contributed by atoms with van der Waals surface area (Å²) in [6.07, 6.45) is 4.08. The number of hydrogen-bond donors (Lipinski definition) is 1. The first-order valence-corrected chi connectivity index (χ1v) is 8.11. The third-order valence-electron chi connectivity index (χ3n) is 2.95. The summed E-state index contributed by atoms with van der Waals surface area (Å²) in [5, 5.41) is 3.27. The molecule has 3 nitrogen and oxygen atoms in total. The SMILES string of the molecule is CCS(=O)(=O)CCCC(CCC(C)C)NC. The van der Waals surface area contributed by atoms with Crippen molar-refractivity contribution in [1.29, 1.82) is 0 Å². The van der Waals surface area contributed by atoms with Crippen molar-refractivity contribution in [3.05, 3.63) is 0 Å². The molecule has 0 saturated heterocycles. The van der Waals surface area contributed by atoms with Gasteiger partial charge in [-0.25, -0.2) is 8.42 Å². The molecule has 4 heteroatoms. The maximum absolute atomic E-state index is 11.3. The molecule has 0 spiro atoms. The van der Waals surface area contributed by atoms with Gasteiger partial charge in [0.2, 0.25) is 0 Å². The van der Waals surface area contributed by atoms with Gasteiger partial charge in [0.15, 0.2) is 0 Å². The molecule has 0 aliphatic rings. The highest BCUT2D eigenvalue weighted by atomic mass is 32.2. The highest BCUT2D eigenvalue weighted by Crippen LogP contribution is 2.11. The average Bonchev–Trinajstić information content (AvgIpc) is 2.22. The Bertz CT molecular complexity index is 260. The largest absolute Gasteiger partial charge is 0.317 e. The van der Waals surface area contributed by atoms with Crippen LogP contribution in [0, 0.1) is 5.92 Å². The van der Waals surface area contributed by atoms with E-state index in [1.54, 1.807) is 6.92 Å². The van der Waals surface area contributed by atoms with E-state index in [-0.39, 0.29) is 5.75 Å². The first-order chi connectivity index (χ1) is 7.41. The van der Waals surface area contributed by atoms with Crippen LogP contribution in [0.15, 0.2) is 0 Å². The first-order valence-electron chi connectivity index (χ1n) is 6.29. The summed E-state index contributed by atoms with van der Waals surface area (Å²) in [5.41, 5.74) is 0. The van der Waals surface area contributed by atoms with E-state index >= 15 is 0 Å². The van der Waals surface area contributed by atoms with Crippen LogP contribution in [0.5, 0.6) is 0 Å². The van der Waals surface area contributed by atoms with Crippen LogP contribution < -0.4 is 5.32 Å². The van der Waals surface area contributed by atoms with E-state index in [2.05, 4.69) is 19.2 Å². The molecule has 0 radical (unpaired) electrons. The van der Waals surface area contributed by atoms with Crippen LogP contribution in [0.4, 0.5) is 0 Å².